The van der Waals surface area contributed by atoms with E-state index in [0.717, 1.165) is 12.0 Å². The molecule has 0 bridgehead atoms. The summed E-state index contributed by atoms with van der Waals surface area (Å²) in [5.41, 5.74) is 8.43. The van der Waals surface area contributed by atoms with Gasteiger partial charge in [-0.15, -0.1) is 0 Å². The van der Waals surface area contributed by atoms with Crippen LogP contribution in [0.25, 0.3) is 0 Å². The number of nitrogen functional groups attached to an aromatic ring is 1. The van der Waals surface area contributed by atoms with Crippen molar-refractivity contribution in [3.8, 4) is 5.75 Å². The van der Waals surface area contributed by atoms with Crippen LogP contribution in [0.3, 0.4) is 0 Å². The van der Waals surface area contributed by atoms with Gasteiger partial charge in [-0.1, -0.05) is 38.1 Å². The molecular weight excluding hydrogens is 356 g/mol. The number of carboxylic acid groups (broad SMARTS) is 1. The number of anilines is 1. The highest BCUT2D eigenvalue weighted by Gasteiger charge is 2.19. The van der Waals surface area contributed by atoms with Gasteiger partial charge in [0.2, 0.25) is 5.91 Å². The lowest BCUT2D eigenvalue weighted by Gasteiger charge is -2.22. The molecule has 0 fully saturated rings. The lowest BCUT2D eigenvalue weighted by molar-refractivity contribution is -0.121. The number of para-hydroxylation sites is 1. The SMILES string of the molecule is CCOc1cc(CC(=O)N[C@H](CC(C)C)c2ccccc2N)ccc1C(=O)O. The van der Waals surface area contributed by atoms with Crippen molar-refractivity contribution in [2.24, 2.45) is 5.92 Å². The quantitative estimate of drug-likeness (QED) is 0.571. The molecule has 0 radical (unpaired) electrons. The Morgan fingerprint density at radius 2 is 1.89 bits per heavy atom. The molecule has 0 saturated heterocycles. The topological polar surface area (TPSA) is 102 Å². The van der Waals surface area contributed by atoms with E-state index in [-0.39, 0.29) is 29.7 Å². The second-order valence-corrected chi connectivity index (χ2v) is 7.12. The smallest absolute Gasteiger partial charge is 0.339 e. The average molecular weight is 384 g/mol. The van der Waals surface area contributed by atoms with Crippen LogP contribution in [0.2, 0.25) is 0 Å². The molecule has 0 spiro atoms. The summed E-state index contributed by atoms with van der Waals surface area (Å²) in [5.74, 6) is -0.564. The van der Waals surface area contributed by atoms with Crippen molar-refractivity contribution >= 4 is 17.6 Å². The summed E-state index contributed by atoms with van der Waals surface area (Å²) in [6.45, 7) is 6.32. The molecule has 150 valence electrons. The van der Waals surface area contributed by atoms with Crippen LogP contribution in [0.1, 0.15) is 54.7 Å². The van der Waals surface area contributed by atoms with Crippen LogP contribution in [0, 0.1) is 5.92 Å². The van der Waals surface area contributed by atoms with Crippen LogP contribution in [0.4, 0.5) is 5.69 Å². The van der Waals surface area contributed by atoms with Crippen LogP contribution in [0.15, 0.2) is 42.5 Å². The van der Waals surface area contributed by atoms with Gasteiger partial charge in [0.25, 0.3) is 0 Å². The average Bonchev–Trinajstić information content (AvgIpc) is 2.61. The molecule has 0 aromatic heterocycles. The minimum Gasteiger partial charge on any atom is -0.493 e. The molecule has 0 unspecified atom stereocenters. The van der Waals surface area contributed by atoms with Crippen molar-refractivity contribution in [2.45, 2.75) is 39.7 Å². The van der Waals surface area contributed by atoms with Crippen molar-refractivity contribution in [2.75, 3.05) is 12.3 Å². The molecule has 0 saturated carbocycles. The number of benzene rings is 2. The molecule has 0 aliphatic carbocycles. The lowest BCUT2D eigenvalue weighted by atomic mass is 9.95. The number of hydrogen-bond acceptors (Lipinski definition) is 4. The highest BCUT2D eigenvalue weighted by atomic mass is 16.5. The van der Waals surface area contributed by atoms with E-state index < -0.39 is 5.97 Å². The zero-order chi connectivity index (χ0) is 20.7. The molecule has 0 heterocycles. The van der Waals surface area contributed by atoms with Gasteiger partial charge in [0.15, 0.2) is 0 Å². The maximum atomic E-state index is 12.7. The van der Waals surface area contributed by atoms with Gasteiger partial charge in [0, 0.05) is 5.69 Å². The van der Waals surface area contributed by atoms with E-state index in [1.165, 1.54) is 6.07 Å². The van der Waals surface area contributed by atoms with Gasteiger partial charge < -0.3 is 20.9 Å². The summed E-state index contributed by atoms with van der Waals surface area (Å²) in [7, 11) is 0. The van der Waals surface area contributed by atoms with E-state index in [1.54, 1.807) is 19.1 Å². The number of nitrogens with one attached hydrogen (secondary N) is 1. The largest absolute Gasteiger partial charge is 0.493 e. The van der Waals surface area contributed by atoms with E-state index in [0.29, 0.717) is 23.8 Å². The summed E-state index contributed by atoms with van der Waals surface area (Å²) in [5, 5.41) is 12.3. The fraction of sp³-hybridized carbons (Fsp3) is 0.364. The molecule has 2 aromatic rings. The molecule has 28 heavy (non-hydrogen) atoms. The summed E-state index contributed by atoms with van der Waals surface area (Å²) in [6.07, 6.45) is 0.892. The predicted octanol–water partition coefficient (Wildman–Crippen LogP) is 3.81. The van der Waals surface area contributed by atoms with Gasteiger partial charge in [-0.2, -0.15) is 0 Å². The number of hydrogen-bond donors (Lipinski definition) is 3. The van der Waals surface area contributed by atoms with Crippen molar-refractivity contribution in [1.82, 2.24) is 5.32 Å². The predicted molar refractivity (Wildman–Crippen MR) is 109 cm³/mol. The maximum absolute atomic E-state index is 12.7. The molecule has 6 nitrogen and oxygen atoms in total. The van der Waals surface area contributed by atoms with E-state index in [1.807, 2.05) is 24.3 Å². The first-order valence-electron chi connectivity index (χ1n) is 9.44. The van der Waals surface area contributed by atoms with E-state index >= 15 is 0 Å². The first kappa shape index (κ1) is 21.3. The third-order valence-electron chi connectivity index (χ3n) is 4.35. The number of carbonyl (C=O) groups excluding carboxylic acids is 1. The first-order valence-corrected chi connectivity index (χ1v) is 9.44. The van der Waals surface area contributed by atoms with Gasteiger partial charge >= 0.3 is 5.97 Å². The van der Waals surface area contributed by atoms with Crippen molar-refractivity contribution in [1.29, 1.82) is 0 Å². The Morgan fingerprint density at radius 3 is 2.50 bits per heavy atom. The monoisotopic (exact) mass is 384 g/mol. The molecule has 0 aliphatic rings. The van der Waals surface area contributed by atoms with Crippen LogP contribution in [-0.2, 0) is 11.2 Å². The van der Waals surface area contributed by atoms with Crippen LogP contribution >= 0.6 is 0 Å². The number of carbonyl (C=O) groups is 2. The molecule has 1 amide bonds. The molecule has 4 N–H and O–H groups in total. The fourth-order valence-corrected chi connectivity index (χ4v) is 3.12. The third-order valence-corrected chi connectivity index (χ3v) is 4.35. The number of carboxylic acids is 1. The second kappa shape index (κ2) is 9.78. The van der Waals surface area contributed by atoms with Crippen molar-refractivity contribution < 1.29 is 19.4 Å². The molecule has 2 rings (SSSR count). The van der Waals surface area contributed by atoms with Crippen LogP contribution < -0.4 is 15.8 Å². The number of aromatic carboxylic acids is 1. The number of amides is 1. The van der Waals surface area contributed by atoms with Gasteiger partial charge in [0.05, 0.1) is 19.1 Å². The number of ether oxygens (including phenoxy) is 1. The zero-order valence-corrected chi connectivity index (χ0v) is 16.6. The van der Waals surface area contributed by atoms with Gasteiger partial charge in [-0.05, 0) is 48.6 Å². The van der Waals surface area contributed by atoms with E-state index in [2.05, 4.69) is 19.2 Å². The lowest BCUT2D eigenvalue weighted by Crippen LogP contribution is -2.31. The Balaban J connectivity index is 2.17. The van der Waals surface area contributed by atoms with Gasteiger partial charge in [-0.3, -0.25) is 4.79 Å². The molecular formula is C22H28N2O4. The Bertz CT molecular complexity index is 833. The summed E-state index contributed by atoms with van der Waals surface area (Å²) < 4.78 is 5.41. The Morgan fingerprint density at radius 1 is 1.18 bits per heavy atom. The third kappa shape index (κ3) is 5.74. The fourth-order valence-electron chi connectivity index (χ4n) is 3.12. The van der Waals surface area contributed by atoms with Crippen molar-refractivity contribution in [3.05, 3.63) is 59.2 Å². The Hall–Kier alpha value is -3.02. The van der Waals surface area contributed by atoms with Crippen LogP contribution in [-0.4, -0.2) is 23.6 Å². The highest BCUT2D eigenvalue weighted by Crippen LogP contribution is 2.26. The molecule has 1 atom stereocenters. The van der Waals surface area contributed by atoms with Crippen LogP contribution in [0.5, 0.6) is 5.75 Å². The van der Waals surface area contributed by atoms with E-state index in [9.17, 15) is 14.7 Å². The van der Waals surface area contributed by atoms with Gasteiger partial charge in [-0.25, -0.2) is 4.79 Å². The van der Waals surface area contributed by atoms with E-state index in [4.69, 9.17) is 10.5 Å². The number of rotatable bonds is 9. The molecule has 2 aromatic carbocycles. The molecule has 0 aliphatic heterocycles. The zero-order valence-electron chi connectivity index (χ0n) is 16.6. The standard InChI is InChI=1S/C22H28N2O4/c1-4-28-20-12-15(9-10-17(20)22(26)27)13-21(25)24-19(11-14(2)3)16-7-5-6-8-18(16)23/h5-10,12,14,19H,4,11,13,23H2,1-3H3,(H,24,25)(H,26,27)/t19-/m1/s1. The summed E-state index contributed by atoms with van der Waals surface area (Å²) in [4.78, 5) is 24.0. The van der Waals surface area contributed by atoms with Crippen molar-refractivity contribution in [3.63, 3.8) is 0 Å². The maximum Gasteiger partial charge on any atom is 0.339 e. The summed E-state index contributed by atoms with van der Waals surface area (Å²) in [6, 6.07) is 12.1. The van der Waals surface area contributed by atoms with Gasteiger partial charge in [0.1, 0.15) is 11.3 Å². The highest BCUT2D eigenvalue weighted by molar-refractivity contribution is 5.91. The molecule has 6 heteroatoms. The normalized spacial score (nSPS) is 11.9. The Kier molecular flexibility index (Phi) is 7.44. The minimum absolute atomic E-state index is 0.0840. The first-order chi connectivity index (χ1) is 13.3. The summed E-state index contributed by atoms with van der Waals surface area (Å²) >= 11 is 0. The second-order valence-electron chi connectivity index (χ2n) is 7.12. The Labute approximate surface area is 165 Å². The number of nitrogens with two attached hydrogens (primary N) is 1. The minimum atomic E-state index is -1.06.